The minimum absolute atomic E-state index is 0.652. The van der Waals surface area contributed by atoms with Gasteiger partial charge in [0.1, 0.15) is 11.6 Å². The monoisotopic (exact) mass is 367 g/mol. The SMILES string of the molecule is CN=C(NCc1ccnc(N2CCCCC2)c1)NCc1ccccc1OC. The molecule has 1 aromatic heterocycles. The first-order valence-electron chi connectivity index (χ1n) is 9.56. The molecule has 1 fully saturated rings. The lowest BCUT2D eigenvalue weighted by Gasteiger charge is -2.28. The number of nitrogens with one attached hydrogen (secondary N) is 2. The molecule has 2 N–H and O–H groups in total. The number of para-hydroxylation sites is 1. The molecular formula is C21H29N5O. The van der Waals surface area contributed by atoms with Gasteiger partial charge in [0, 0.05) is 45.0 Å². The van der Waals surface area contributed by atoms with Gasteiger partial charge in [-0.05, 0) is 43.0 Å². The molecule has 144 valence electrons. The van der Waals surface area contributed by atoms with Crippen LogP contribution in [0.5, 0.6) is 5.75 Å². The lowest BCUT2D eigenvalue weighted by molar-refractivity contribution is 0.409. The minimum Gasteiger partial charge on any atom is -0.496 e. The van der Waals surface area contributed by atoms with Crippen molar-refractivity contribution in [3.05, 3.63) is 53.7 Å². The maximum absolute atomic E-state index is 5.40. The first-order chi connectivity index (χ1) is 13.3. The molecule has 1 aliphatic heterocycles. The Morgan fingerprint density at radius 3 is 2.67 bits per heavy atom. The van der Waals surface area contributed by atoms with E-state index in [9.17, 15) is 0 Å². The van der Waals surface area contributed by atoms with Crippen LogP contribution in [0.2, 0.25) is 0 Å². The van der Waals surface area contributed by atoms with Crippen molar-refractivity contribution >= 4 is 11.8 Å². The first kappa shape index (κ1) is 19.0. The number of benzene rings is 1. The Kier molecular flexibility index (Phi) is 6.90. The second-order valence-corrected chi connectivity index (χ2v) is 6.66. The molecule has 0 spiro atoms. The van der Waals surface area contributed by atoms with Crippen molar-refractivity contribution in [2.45, 2.75) is 32.4 Å². The van der Waals surface area contributed by atoms with Crippen LogP contribution in [0.1, 0.15) is 30.4 Å². The van der Waals surface area contributed by atoms with E-state index < -0.39 is 0 Å². The molecule has 2 aromatic rings. The molecule has 3 rings (SSSR count). The molecule has 2 heterocycles. The van der Waals surface area contributed by atoms with Crippen molar-refractivity contribution in [3.63, 3.8) is 0 Å². The summed E-state index contributed by atoms with van der Waals surface area (Å²) < 4.78 is 5.40. The van der Waals surface area contributed by atoms with E-state index in [4.69, 9.17) is 4.74 Å². The zero-order valence-electron chi connectivity index (χ0n) is 16.2. The van der Waals surface area contributed by atoms with Crippen LogP contribution in [0, 0.1) is 0 Å². The molecule has 1 aliphatic rings. The van der Waals surface area contributed by atoms with Gasteiger partial charge < -0.3 is 20.3 Å². The van der Waals surface area contributed by atoms with Gasteiger partial charge in [0.2, 0.25) is 0 Å². The summed E-state index contributed by atoms with van der Waals surface area (Å²) in [5, 5.41) is 6.72. The van der Waals surface area contributed by atoms with Crippen LogP contribution < -0.4 is 20.3 Å². The van der Waals surface area contributed by atoms with Crippen LogP contribution >= 0.6 is 0 Å². The van der Waals surface area contributed by atoms with Gasteiger partial charge in [-0.1, -0.05) is 18.2 Å². The second-order valence-electron chi connectivity index (χ2n) is 6.66. The highest BCUT2D eigenvalue weighted by Crippen LogP contribution is 2.18. The number of guanidine groups is 1. The summed E-state index contributed by atoms with van der Waals surface area (Å²) in [6.07, 6.45) is 5.73. The van der Waals surface area contributed by atoms with Gasteiger partial charge in [-0.25, -0.2) is 4.98 Å². The number of aliphatic imine (C=N–C) groups is 1. The molecule has 0 saturated carbocycles. The highest BCUT2D eigenvalue weighted by molar-refractivity contribution is 5.79. The minimum atomic E-state index is 0.652. The predicted molar refractivity (Wildman–Crippen MR) is 110 cm³/mol. The van der Waals surface area contributed by atoms with Gasteiger partial charge in [0.15, 0.2) is 5.96 Å². The Morgan fingerprint density at radius 2 is 1.89 bits per heavy atom. The standard InChI is InChI=1S/C21H29N5O/c1-22-21(25-16-18-8-4-5-9-19(18)27-2)24-15-17-10-11-23-20(14-17)26-12-6-3-7-13-26/h4-5,8-11,14H,3,6-7,12-13,15-16H2,1-2H3,(H2,22,24,25). The molecule has 0 aliphatic carbocycles. The Morgan fingerprint density at radius 1 is 1.11 bits per heavy atom. The van der Waals surface area contributed by atoms with Crippen molar-refractivity contribution in [2.24, 2.45) is 4.99 Å². The average molecular weight is 367 g/mol. The van der Waals surface area contributed by atoms with Gasteiger partial charge in [-0.2, -0.15) is 0 Å². The molecular weight excluding hydrogens is 338 g/mol. The Hall–Kier alpha value is -2.76. The van der Waals surface area contributed by atoms with Crippen molar-refractivity contribution in [3.8, 4) is 5.75 Å². The second kappa shape index (κ2) is 9.80. The lowest BCUT2D eigenvalue weighted by Crippen LogP contribution is -2.36. The summed E-state index contributed by atoms with van der Waals surface area (Å²) in [5.74, 6) is 2.71. The fourth-order valence-electron chi connectivity index (χ4n) is 3.30. The van der Waals surface area contributed by atoms with Crippen LogP contribution in [-0.2, 0) is 13.1 Å². The number of ether oxygens (including phenoxy) is 1. The van der Waals surface area contributed by atoms with E-state index in [0.717, 1.165) is 36.2 Å². The van der Waals surface area contributed by atoms with Gasteiger partial charge in [0.05, 0.1) is 7.11 Å². The van der Waals surface area contributed by atoms with E-state index in [-0.39, 0.29) is 0 Å². The van der Waals surface area contributed by atoms with Crippen molar-refractivity contribution in [2.75, 3.05) is 32.1 Å². The Bertz CT molecular complexity index is 756. The number of nitrogens with zero attached hydrogens (tertiary/aromatic N) is 3. The number of aromatic nitrogens is 1. The normalized spacial score (nSPS) is 14.7. The maximum atomic E-state index is 5.40. The average Bonchev–Trinajstić information content (AvgIpc) is 2.75. The molecule has 1 aromatic carbocycles. The molecule has 27 heavy (non-hydrogen) atoms. The Balaban J connectivity index is 1.55. The molecule has 0 atom stereocenters. The van der Waals surface area contributed by atoms with E-state index in [1.165, 1.54) is 24.8 Å². The van der Waals surface area contributed by atoms with Gasteiger partial charge in [-0.3, -0.25) is 4.99 Å². The van der Waals surface area contributed by atoms with Crippen LogP contribution in [0.3, 0.4) is 0 Å². The van der Waals surface area contributed by atoms with Gasteiger partial charge >= 0.3 is 0 Å². The highest BCUT2D eigenvalue weighted by atomic mass is 16.5. The van der Waals surface area contributed by atoms with E-state index >= 15 is 0 Å². The molecule has 0 bridgehead atoms. The topological polar surface area (TPSA) is 61.8 Å². The number of piperidine rings is 1. The van der Waals surface area contributed by atoms with Crippen molar-refractivity contribution < 1.29 is 4.74 Å². The quantitative estimate of drug-likeness (QED) is 0.607. The number of rotatable bonds is 6. The lowest BCUT2D eigenvalue weighted by atomic mass is 10.1. The predicted octanol–water partition coefficient (Wildman–Crippen LogP) is 2.95. The summed E-state index contributed by atoms with van der Waals surface area (Å²) in [7, 11) is 3.47. The summed E-state index contributed by atoms with van der Waals surface area (Å²) in [6, 6.07) is 12.2. The number of methoxy groups -OCH3 is 1. The van der Waals surface area contributed by atoms with Crippen LogP contribution in [0.4, 0.5) is 5.82 Å². The molecule has 6 heteroatoms. The molecule has 6 nitrogen and oxygen atoms in total. The fraction of sp³-hybridized carbons (Fsp3) is 0.429. The number of pyridine rings is 1. The van der Waals surface area contributed by atoms with Crippen molar-refractivity contribution in [1.29, 1.82) is 0 Å². The maximum Gasteiger partial charge on any atom is 0.191 e. The number of hydrogen-bond donors (Lipinski definition) is 2. The van der Waals surface area contributed by atoms with E-state index in [2.05, 4.69) is 31.6 Å². The van der Waals surface area contributed by atoms with E-state index in [1.54, 1.807) is 14.2 Å². The van der Waals surface area contributed by atoms with Gasteiger partial charge in [-0.15, -0.1) is 0 Å². The van der Waals surface area contributed by atoms with Gasteiger partial charge in [0.25, 0.3) is 0 Å². The summed E-state index contributed by atoms with van der Waals surface area (Å²) in [4.78, 5) is 11.2. The van der Waals surface area contributed by atoms with E-state index in [1.807, 2.05) is 36.5 Å². The third kappa shape index (κ3) is 5.36. The Labute approximate surface area is 161 Å². The molecule has 0 radical (unpaired) electrons. The first-order valence-corrected chi connectivity index (χ1v) is 9.56. The number of hydrogen-bond acceptors (Lipinski definition) is 4. The van der Waals surface area contributed by atoms with E-state index in [0.29, 0.717) is 13.1 Å². The van der Waals surface area contributed by atoms with Crippen LogP contribution in [-0.4, -0.2) is 38.2 Å². The summed E-state index contributed by atoms with van der Waals surface area (Å²) >= 11 is 0. The highest BCUT2D eigenvalue weighted by Gasteiger charge is 2.12. The molecule has 1 saturated heterocycles. The summed E-state index contributed by atoms with van der Waals surface area (Å²) in [6.45, 7) is 3.56. The van der Waals surface area contributed by atoms with Crippen molar-refractivity contribution in [1.82, 2.24) is 15.6 Å². The number of anilines is 1. The molecule has 0 amide bonds. The summed E-state index contributed by atoms with van der Waals surface area (Å²) in [5.41, 5.74) is 2.30. The van der Waals surface area contributed by atoms with Crippen LogP contribution in [0.15, 0.2) is 47.6 Å². The molecule has 0 unspecified atom stereocenters. The van der Waals surface area contributed by atoms with Crippen LogP contribution in [0.25, 0.3) is 0 Å². The smallest absolute Gasteiger partial charge is 0.191 e. The largest absolute Gasteiger partial charge is 0.496 e. The fourth-order valence-corrected chi connectivity index (χ4v) is 3.30. The zero-order valence-corrected chi connectivity index (χ0v) is 16.2. The zero-order chi connectivity index (χ0) is 18.9. The third-order valence-electron chi connectivity index (χ3n) is 4.81. The third-order valence-corrected chi connectivity index (χ3v) is 4.81.